The van der Waals surface area contributed by atoms with Crippen molar-refractivity contribution >= 4 is 44.5 Å². The molecular weight excluding hydrogens is 576 g/mol. The molecule has 1 amide bonds. The molecule has 2 aliphatic heterocycles. The van der Waals surface area contributed by atoms with E-state index in [1.54, 1.807) is 0 Å². The summed E-state index contributed by atoms with van der Waals surface area (Å²) >= 11 is 0. The lowest BCUT2D eigenvalue weighted by molar-refractivity contribution is -0.401. The van der Waals surface area contributed by atoms with Crippen molar-refractivity contribution in [3.8, 4) is 0 Å². The van der Waals surface area contributed by atoms with E-state index in [0.29, 0.717) is 19.5 Å². The summed E-state index contributed by atoms with van der Waals surface area (Å²) in [6, 6.07) is 26.5. The molecule has 0 unspecified atom stereocenters. The Morgan fingerprint density at radius 3 is 2.21 bits per heavy atom. The molecule has 4 aromatic rings. The van der Waals surface area contributed by atoms with Crippen molar-refractivity contribution in [3.05, 3.63) is 120 Å². The molecule has 4 aromatic carbocycles. The van der Waals surface area contributed by atoms with Gasteiger partial charge in [0.15, 0.2) is 5.71 Å². The molecular formula is C42H49N4O+. The van der Waals surface area contributed by atoms with Gasteiger partial charge in [-0.1, -0.05) is 93.1 Å². The Bertz CT molecular complexity index is 1940. The van der Waals surface area contributed by atoms with Crippen LogP contribution in [-0.2, 0) is 15.6 Å². The third-order valence-electron chi connectivity index (χ3n) is 10.1. The van der Waals surface area contributed by atoms with E-state index in [-0.39, 0.29) is 16.7 Å². The predicted octanol–water partition coefficient (Wildman–Crippen LogP) is 8.43. The molecule has 5 nitrogen and oxygen atoms in total. The van der Waals surface area contributed by atoms with Crippen molar-refractivity contribution in [1.29, 1.82) is 0 Å². The molecule has 0 atom stereocenters. The van der Waals surface area contributed by atoms with Crippen LogP contribution in [-0.4, -0.2) is 42.9 Å². The van der Waals surface area contributed by atoms with E-state index in [9.17, 15) is 4.79 Å². The van der Waals surface area contributed by atoms with Crippen LogP contribution in [0.3, 0.4) is 0 Å². The first-order valence-corrected chi connectivity index (χ1v) is 17.1. The second-order valence-corrected chi connectivity index (χ2v) is 14.0. The van der Waals surface area contributed by atoms with Crippen molar-refractivity contribution in [2.45, 2.75) is 64.2 Å². The fourth-order valence-electron chi connectivity index (χ4n) is 7.86. The molecule has 5 heteroatoms. The minimum atomic E-state index is -0.155. The summed E-state index contributed by atoms with van der Waals surface area (Å²) < 4.78 is 2.34. The fourth-order valence-corrected chi connectivity index (χ4v) is 7.86. The molecule has 0 saturated carbocycles. The van der Waals surface area contributed by atoms with E-state index < -0.39 is 0 Å². The summed E-state index contributed by atoms with van der Waals surface area (Å²) in [4.78, 5) is 14.6. The van der Waals surface area contributed by atoms with E-state index >= 15 is 0 Å². The van der Waals surface area contributed by atoms with Crippen LogP contribution in [0.2, 0.25) is 0 Å². The van der Waals surface area contributed by atoms with E-state index in [1.165, 1.54) is 55.5 Å². The summed E-state index contributed by atoms with van der Waals surface area (Å²) in [7, 11) is 2.18. The molecule has 3 N–H and O–H groups in total. The Kier molecular flexibility index (Phi) is 9.20. The van der Waals surface area contributed by atoms with Gasteiger partial charge in [-0.05, 0) is 72.0 Å². The second-order valence-electron chi connectivity index (χ2n) is 14.0. The van der Waals surface area contributed by atoms with E-state index in [4.69, 9.17) is 5.73 Å². The zero-order valence-corrected chi connectivity index (χ0v) is 28.6. The zero-order valence-electron chi connectivity index (χ0n) is 28.6. The van der Waals surface area contributed by atoms with E-state index in [1.807, 2.05) is 0 Å². The maximum atomic E-state index is 12.1. The van der Waals surface area contributed by atoms with Crippen LogP contribution in [0.1, 0.15) is 64.5 Å². The van der Waals surface area contributed by atoms with Gasteiger partial charge in [0.2, 0.25) is 11.6 Å². The smallest absolute Gasteiger partial charge is 0.220 e. The average molecular weight is 626 g/mol. The molecule has 0 saturated heterocycles. The van der Waals surface area contributed by atoms with Gasteiger partial charge in [-0.3, -0.25) is 4.79 Å². The molecule has 2 aliphatic rings. The van der Waals surface area contributed by atoms with Gasteiger partial charge in [0.1, 0.15) is 7.05 Å². The van der Waals surface area contributed by atoms with Gasteiger partial charge in [0.25, 0.3) is 0 Å². The number of nitrogens with two attached hydrogens (primary N) is 1. The van der Waals surface area contributed by atoms with Gasteiger partial charge in [-0.2, -0.15) is 4.58 Å². The van der Waals surface area contributed by atoms with Crippen LogP contribution in [0, 0.1) is 0 Å². The minimum absolute atomic E-state index is 0.0935. The molecule has 0 bridgehead atoms. The molecule has 6 rings (SSSR count). The van der Waals surface area contributed by atoms with Gasteiger partial charge < -0.3 is 16.0 Å². The van der Waals surface area contributed by atoms with E-state index in [0.717, 1.165) is 25.8 Å². The molecule has 2 heterocycles. The first kappa shape index (κ1) is 32.5. The quantitative estimate of drug-likeness (QED) is 0.0999. The number of rotatable bonds is 11. The van der Waals surface area contributed by atoms with Gasteiger partial charge in [-0.15, -0.1) is 0 Å². The summed E-state index contributed by atoms with van der Waals surface area (Å²) in [5, 5.41) is 8.09. The Morgan fingerprint density at radius 2 is 1.49 bits per heavy atom. The molecule has 0 aliphatic carbocycles. The Hall–Kier alpha value is -4.48. The maximum Gasteiger partial charge on any atom is 0.220 e. The number of amides is 1. The van der Waals surface area contributed by atoms with Crippen molar-refractivity contribution in [3.63, 3.8) is 0 Å². The van der Waals surface area contributed by atoms with Crippen molar-refractivity contribution in [1.82, 2.24) is 5.32 Å². The van der Waals surface area contributed by atoms with Gasteiger partial charge in [-0.25, -0.2) is 0 Å². The number of fused-ring (bicyclic) bond motifs is 6. The average Bonchev–Trinajstić information content (AvgIpc) is 3.41. The predicted molar refractivity (Wildman–Crippen MR) is 199 cm³/mol. The molecule has 47 heavy (non-hydrogen) atoms. The van der Waals surface area contributed by atoms with Gasteiger partial charge >= 0.3 is 0 Å². The number of hydrogen-bond acceptors (Lipinski definition) is 3. The number of benzene rings is 4. The topological polar surface area (TPSA) is 61.4 Å². The monoisotopic (exact) mass is 625 g/mol. The van der Waals surface area contributed by atoms with Crippen LogP contribution in [0.5, 0.6) is 0 Å². The molecule has 0 fully saturated rings. The van der Waals surface area contributed by atoms with Crippen LogP contribution in [0.4, 0.5) is 11.4 Å². The number of hydrogen-bond donors (Lipinski definition) is 2. The molecule has 0 aromatic heterocycles. The third kappa shape index (κ3) is 6.05. The Labute approximate surface area is 280 Å². The van der Waals surface area contributed by atoms with Crippen molar-refractivity contribution in [2.24, 2.45) is 5.73 Å². The molecule has 0 radical (unpaired) electrons. The zero-order chi connectivity index (χ0) is 33.2. The SMILES string of the molecule is C[N+]1=C(/C=C/C=C/C=C2/N(CCCCCC(=O)NCCN)c3ccc4ccccc4c3C2(C)C)C(C)(C)c2c1ccc1ccccc21. The third-order valence-corrected chi connectivity index (χ3v) is 10.1. The first-order chi connectivity index (χ1) is 22.7. The molecule has 242 valence electrons. The van der Waals surface area contributed by atoms with Crippen LogP contribution >= 0.6 is 0 Å². The van der Waals surface area contributed by atoms with Crippen LogP contribution < -0.4 is 16.0 Å². The number of nitrogens with zero attached hydrogens (tertiary/aromatic N) is 2. The first-order valence-electron chi connectivity index (χ1n) is 17.1. The number of carbonyl (C=O) groups excluding carboxylic acids is 1. The number of carbonyl (C=O) groups is 1. The minimum Gasteiger partial charge on any atom is -0.355 e. The Balaban J connectivity index is 1.24. The van der Waals surface area contributed by atoms with Gasteiger partial charge in [0.05, 0.1) is 5.41 Å². The number of allylic oxidation sites excluding steroid dienone is 6. The number of unbranched alkanes of at least 4 members (excludes halogenated alkanes) is 2. The van der Waals surface area contributed by atoms with Crippen molar-refractivity contribution in [2.75, 3.05) is 31.6 Å². The summed E-state index contributed by atoms with van der Waals surface area (Å²) in [5.74, 6) is 0.0935. The lowest BCUT2D eigenvalue weighted by Gasteiger charge is -2.27. The maximum absolute atomic E-state index is 12.1. The van der Waals surface area contributed by atoms with Gasteiger partial charge in [0, 0.05) is 60.6 Å². The lowest BCUT2D eigenvalue weighted by atomic mass is 9.79. The Morgan fingerprint density at radius 1 is 0.809 bits per heavy atom. The fraction of sp³-hybridized carbons (Fsp3) is 0.333. The molecule has 0 spiro atoms. The number of anilines is 1. The highest BCUT2D eigenvalue weighted by molar-refractivity contribution is 6.07. The lowest BCUT2D eigenvalue weighted by Crippen LogP contribution is -2.29. The van der Waals surface area contributed by atoms with E-state index in [2.05, 4.69) is 153 Å². The summed E-state index contributed by atoms with van der Waals surface area (Å²) in [5.41, 5.74) is 13.2. The highest BCUT2D eigenvalue weighted by Crippen LogP contribution is 2.51. The second kappa shape index (κ2) is 13.3. The largest absolute Gasteiger partial charge is 0.355 e. The highest BCUT2D eigenvalue weighted by atomic mass is 16.1. The van der Waals surface area contributed by atoms with Crippen LogP contribution in [0.15, 0.2) is 109 Å². The summed E-state index contributed by atoms with van der Waals surface area (Å²) in [6.45, 7) is 11.3. The number of nitrogens with one attached hydrogen (secondary N) is 1. The summed E-state index contributed by atoms with van der Waals surface area (Å²) in [6.07, 6.45) is 14.6. The normalized spacial score (nSPS) is 17.5. The van der Waals surface area contributed by atoms with Crippen LogP contribution in [0.25, 0.3) is 21.5 Å². The standard InChI is InChI=1S/C42H48N4O/c1-41(2)36(45(5)34-25-23-30-16-11-13-18-32(30)39(34)41)20-8-6-9-21-37-42(3,4)40-33-19-14-12-17-31(33)24-26-35(40)46(37)29-15-7-10-22-38(47)44-28-27-43/h6,8-9,11-14,16-21,23-26H,7,10,15,22,27-29,43H2,1-5H3/p+1. The van der Waals surface area contributed by atoms with Crippen molar-refractivity contribution < 1.29 is 9.37 Å². The highest BCUT2D eigenvalue weighted by Gasteiger charge is 2.44.